The van der Waals surface area contributed by atoms with Gasteiger partial charge in [-0.15, -0.1) is 0 Å². The third kappa shape index (κ3) is 3.35. The average Bonchev–Trinajstić information content (AvgIpc) is 2.58. The SMILES string of the molecule is C=C(c1cccc(C(N)=O)c1)C1CC2C(CC1C)C(C)(C)CCC2(C)C. The monoisotopic (exact) mass is 353 g/mol. The van der Waals surface area contributed by atoms with Crippen LogP contribution in [0, 0.1) is 34.5 Å². The summed E-state index contributed by atoms with van der Waals surface area (Å²) in [4.78, 5) is 11.6. The summed E-state index contributed by atoms with van der Waals surface area (Å²) >= 11 is 0. The average molecular weight is 354 g/mol. The van der Waals surface area contributed by atoms with Gasteiger partial charge >= 0.3 is 0 Å². The van der Waals surface area contributed by atoms with E-state index >= 15 is 0 Å². The van der Waals surface area contributed by atoms with Crippen molar-refractivity contribution < 1.29 is 4.79 Å². The quantitative estimate of drug-likeness (QED) is 0.719. The highest BCUT2D eigenvalue weighted by molar-refractivity contribution is 5.93. The van der Waals surface area contributed by atoms with Gasteiger partial charge in [-0.3, -0.25) is 4.79 Å². The minimum absolute atomic E-state index is 0.369. The molecule has 1 amide bonds. The second-order valence-electron chi connectivity index (χ2n) is 10.2. The van der Waals surface area contributed by atoms with Crippen LogP contribution < -0.4 is 5.73 Å². The van der Waals surface area contributed by atoms with Crippen LogP contribution in [0.4, 0.5) is 0 Å². The van der Waals surface area contributed by atoms with Gasteiger partial charge < -0.3 is 5.73 Å². The third-order valence-electron chi connectivity index (χ3n) is 7.69. The van der Waals surface area contributed by atoms with Crippen molar-refractivity contribution in [2.45, 2.75) is 60.3 Å². The fourth-order valence-corrected chi connectivity index (χ4v) is 5.71. The molecule has 2 fully saturated rings. The van der Waals surface area contributed by atoms with E-state index in [1.54, 1.807) is 6.07 Å². The van der Waals surface area contributed by atoms with E-state index in [4.69, 9.17) is 5.73 Å². The summed E-state index contributed by atoms with van der Waals surface area (Å²) in [5.74, 6) is 2.26. The molecule has 2 nitrogen and oxygen atoms in total. The highest BCUT2D eigenvalue weighted by Crippen LogP contribution is 2.60. The molecule has 0 radical (unpaired) electrons. The van der Waals surface area contributed by atoms with Gasteiger partial charge in [0.25, 0.3) is 0 Å². The maximum atomic E-state index is 11.6. The number of carbonyl (C=O) groups excluding carboxylic acids is 1. The van der Waals surface area contributed by atoms with Gasteiger partial charge in [-0.2, -0.15) is 0 Å². The molecule has 26 heavy (non-hydrogen) atoms. The second kappa shape index (κ2) is 6.55. The van der Waals surface area contributed by atoms with Crippen molar-refractivity contribution in [3.05, 3.63) is 42.0 Å². The largest absolute Gasteiger partial charge is 0.366 e. The van der Waals surface area contributed by atoms with Crippen molar-refractivity contribution >= 4 is 11.5 Å². The number of hydrogen-bond acceptors (Lipinski definition) is 1. The summed E-state index contributed by atoms with van der Waals surface area (Å²) < 4.78 is 0. The number of primary amides is 1. The first-order valence-corrected chi connectivity index (χ1v) is 10.1. The predicted octanol–water partition coefficient (Wildman–Crippen LogP) is 5.92. The molecule has 0 heterocycles. The number of allylic oxidation sites excluding steroid dienone is 1. The van der Waals surface area contributed by atoms with Crippen LogP contribution in [-0.4, -0.2) is 5.91 Å². The van der Waals surface area contributed by atoms with Gasteiger partial charge in [0.1, 0.15) is 0 Å². The summed E-state index contributed by atoms with van der Waals surface area (Å²) in [5, 5.41) is 0. The number of benzene rings is 1. The van der Waals surface area contributed by atoms with E-state index in [1.807, 2.05) is 12.1 Å². The molecule has 1 aromatic rings. The van der Waals surface area contributed by atoms with Crippen LogP contribution in [0.3, 0.4) is 0 Å². The van der Waals surface area contributed by atoms with Crippen LogP contribution in [-0.2, 0) is 0 Å². The molecule has 2 saturated carbocycles. The van der Waals surface area contributed by atoms with Crippen LogP contribution in [0.2, 0.25) is 0 Å². The van der Waals surface area contributed by atoms with Crippen molar-refractivity contribution in [2.75, 3.05) is 0 Å². The van der Waals surface area contributed by atoms with Crippen LogP contribution in [0.1, 0.15) is 76.2 Å². The lowest BCUT2D eigenvalue weighted by Crippen LogP contribution is -2.49. The zero-order valence-corrected chi connectivity index (χ0v) is 17.1. The summed E-state index contributed by atoms with van der Waals surface area (Å²) in [6, 6.07) is 7.69. The Kier molecular flexibility index (Phi) is 4.83. The summed E-state index contributed by atoms with van der Waals surface area (Å²) in [5.41, 5.74) is 9.13. The predicted molar refractivity (Wildman–Crippen MR) is 110 cm³/mol. The molecule has 4 atom stereocenters. The molecule has 142 valence electrons. The van der Waals surface area contributed by atoms with Crippen molar-refractivity contribution in [1.29, 1.82) is 0 Å². The lowest BCUT2D eigenvalue weighted by Gasteiger charge is -2.57. The molecule has 0 spiro atoms. The number of hydrogen-bond donors (Lipinski definition) is 1. The highest BCUT2D eigenvalue weighted by Gasteiger charge is 2.51. The Hall–Kier alpha value is -1.57. The van der Waals surface area contributed by atoms with E-state index in [0.29, 0.717) is 28.2 Å². The number of amides is 1. The molecular formula is C24H35NO. The fourth-order valence-electron chi connectivity index (χ4n) is 5.71. The van der Waals surface area contributed by atoms with Crippen molar-refractivity contribution in [3.8, 4) is 0 Å². The summed E-state index contributed by atoms with van der Waals surface area (Å²) in [6.07, 6.45) is 5.13. The number of fused-ring (bicyclic) bond motifs is 1. The minimum Gasteiger partial charge on any atom is -0.366 e. The van der Waals surface area contributed by atoms with Crippen LogP contribution in [0.15, 0.2) is 30.8 Å². The normalized spacial score (nSPS) is 32.5. The molecule has 1 aromatic carbocycles. The van der Waals surface area contributed by atoms with Gasteiger partial charge in [-0.1, -0.05) is 53.3 Å². The highest BCUT2D eigenvalue weighted by atomic mass is 16.1. The Bertz CT molecular complexity index is 715. The lowest BCUT2D eigenvalue weighted by atomic mass is 9.48. The topological polar surface area (TPSA) is 43.1 Å². The zero-order chi connectivity index (χ0) is 19.3. The third-order valence-corrected chi connectivity index (χ3v) is 7.69. The summed E-state index contributed by atoms with van der Waals surface area (Å²) in [7, 11) is 0. The number of carbonyl (C=O) groups is 1. The molecule has 0 aromatic heterocycles. The Labute approximate surface area is 159 Å². The number of nitrogens with two attached hydrogens (primary N) is 1. The molecule has 2 heteroatoms. The maximum Gasteiger partial charge on any atom is 0.248 e. The smallest absolute Gasteiger partial charge is 0.248 e. The van der Waals surface area contributed by atoms with Gasteiger partial charge in [-0.25, -0.2) is 0 Å². The molecule has 0 aliphatic heterocycles. The first-order valence-electron chi connectivity index (χ1n) is 10.1. The molecule has 0 saturated heterocycles. The molecule has 2 aliphatic rings. The van der Waals surface area contributed by atoms with E-state index in [1.165, 1.54) is 31.3 Å². The molecule has 4 unspecified atom stereocenters. The van der Waals surface area contributed by atoms with Gasteiger partial charge in [0.2, 0.25) is 5.91 Å². The van der Waals surface area contributed by atoms with E-state index in [-0.39, 0.29) is 5.91 Å². The summed E-state index contributed by atoms with van der Waals surface area (Å²) in [6.45, 7) is 16.7. The lowest BCUT2D eigenvalue weighted by molar-refractivity contribution is -0.0665. The molecule has 2 N–H and O–H groups in total. The van der Waals surface area contributed by atoms with Crippen molar-refractivity contribution in [3.63, 3.8) is 0 Å². The zero-order valence-electron chi connectivity index (χ0n) is 17.1. The van der Waals surface area contributed by atoms with Crippen LogP contribution in [0.5, 0.6) is 0 Å². The van der Waals surface area contributed by atoms with E-state index < -0.39 is 0 Å². The Balaban J connectivity index is 1.88. The molecule has 2 aliphatic carbocycles. The van der Waals surface area contributed by atoms with Crippen molar-refractivity contribution in [1.82, 2.24) is 0 Å². The second-order valence-corrected chi connectivity index (χ2v) is 10.2. The first kappa shape index (κ1) is 19.2. The Morgan fingerprint density at radius 2 is 1.58 bits per heavy atom. The van der Waals surface area contributed by atoms with Gasteiger partial charge in [-0.05, 0) is 83.5 Å². The van der Waals surface area contributed by atoms with Crippen molar-refractivity contribution in [2.24, 2.45) is 40.2 Å². The molecule has 3 rings (SSSR count). The fraction of sp³-hybridized carbons (Fsp3) is 0.625. The number of rotatable bonds is 3. The van der Waals surface area contributed by atoms with E-state index in [9.17, 15) is 4.79 Å². The Morgan fingerprint density at radius 1 is 1.04 bits per heavy atom. The van der Waals surface area contributed by atoms with Crippen LogP contribution in [0.25, 0.3) is 5.57 Å². The van der Waals surface area contributed by atoms with Crippen LogP contribution >= 0.6 is 0 Å². The molecular weight excluding hydrogens is 318 g/mol. The van der Waals surface area contributed by atoms with Gasteiger partial charge in [0.05, 0.1) is 0 Å². The molecule has 0 bridgehead atoms. The van der Waals surface area contributed by atoms with Gasteiger partial charge in [0.15, 0.2) is 0 Å². The van der Waals surface area contributed by atoms with Gasteiger partial charge in [0, 0.05) is 5.56 Å². The maximum absolute atomic E-state index is 11.6. The van der Waals surface area contributed by atoms with E-state index in [0.717, 1.165) is 17.4 Å². The minimum atomic E-state index is -0.369. The Morgan fingerprint density at radius 3 is 2.15 bits per heavy atom. The standard InChI is InChI=1S/C24H35NO/c1-15-12-20-21(24(5,6)11-10-23(20,3)4)14-19(15)16(2)17-8-7-9-18(13-17)22(25)26/h7-9,13,15,19-21H,2,10-12,14H2,1,3-6H3,(H2,25,26). The first-order chi connectivity index (χ1) is 12.0. The van der Waals surface area contributed by atoms with E-state index in [2.05, 4.69) is 47.3 Å².